The average Bonchev–Trinajstić information content (AvgIpc) is 2.62. The van der Waals surface area contributed by atoms with Gasteiger partial charge in [0.25, 0.3) is 0 Å². The molecule has 0 aliphatic heterocycles. The van der Waals surface area contributed by atoms with Gasteiger partial charge in [0.15, 0.2) is 5.78 Å². The number of hydrogen-bond donors (Lipinski definition) is 0. The molecule has 0 bridgehead atoms. The second-order valence-corrected chi connectivity index (χ2v) is 4.41. The third kappa shape index (κ3) is 2.78. The van der Waals surface area contributed by atoms with Gasteiger partial charge in [-0.25, -0.2) is 4.39 Å². The molecule has 0 N–H and O–H groups in total. The Morgan fingerprint density at radius 1 is 1.26 bits per heavy atom. The van der Waals surface area contributed by atoms with Gasteiger partial charge < -0.3 is 0 Å². The maximum absolute atomic E-state index is 12.8. The van der Waals surface area contributed by atoms with Crippen LogP contribution in [0.1, 0.15) is 27.3 Å². The number of allylic oxidation sites excluding steroid dienone is 1. The first-order chi connectivity index (χ1) is 8.99. The van der Waals surface area contributed by atoms with Crippen molar-refractivity contribution in [2.45, 2.75) is 13.8 Å². The number of carbonyl (C=O) groups is 1. The molecule has 3 nitrogen and oxygen atoms in total. The summed E-state index contributed by atoms with van der Waals surface area (Å²) in [5.74, 6) is -0.498. The number of hydrogen-bond acceptors (Lipinski definition) is 2. The van der Waals surface area contributed by atoms with Gasteiger partial charge in [0.05, 0.1) is 5.69 Å². The molecule has 0 amide bonds. The minimum Gasteiger partial charge on any atom is -0.289 e. The molecule has 1 aromatic heterocycles. The highest BCUT2D eigenvalue weighted by Gasteiger charge is 2.07. The molecule has 2 aromatic rings. The van der Waals surface area contributed by atoms with Gasteiger partial charge in [-0.3, -0.25) is 9.48 Å². The van der Waals surface area contributed by atoms with Gasteiger partial charge in [-0.2, -0.15) is 5.10 Å². The van der Waals surface area contributed by atoms with Crippen molar-refractivity contribution >= 4 is 11.9 Å². The first-order valence-corrected chi connectivity index (χ1v) is 5.97. The van der Waals surface area contributed by atoms with Crippen molar-refractivity contribution in [3.8, 4) is 0 Å². The fraction of sp³-hybridized carbons (Fsp3) is 0.200. The van der Waals surface area contributed by atoms with E-state index in [2.05, 4.69) is 5.10 Å². The average molecular weight is 258 g/mol. The van der Waals surface area contributed by atoms with E-state index in [0.717, 1.165) is 17.0 Å². The Balaban J connectivity index is 2.23. The van der Waals surface area contributed by atoms with Crippen LogP contribution < -0.4 is 0 Å². The predicted octanol–water partition coefficient (Wildman–Crippen LogP) is 3.07. The Bertz CT molecular complexity index is 639. The van der Waals surface area contributed by atoms with E-state index in [9.17, 15) is 9.18 Å². The Morgan fingerprint density at radius 3 is 2.42 bits per heavy atom. The van der Waals surface area contributed by atoms with Crippen LogP contribution >= 0.6 is 0 Å². The van der Waals surface area contributed by atoms with Crippen LogP contribution in [0.5, 0.6) is 0 Å². The van der Waals surface area contributed by atoms with Crippen molar-refractivity contribution in [1.82, 2.24) is 9.78 Å². The Labute approximate surface area is 111 Å². The van der Waals surface area contributed by atoms with Crippen LogP contribution in [0.25, 0.3) is 6.08 Å². The molecule has 4 heteroatoms. The minimum absolute atomic E-state index is 0.150. The number of ketones is 1. The highest BCUT2D eigenvalue weighted by atomic mass is 19.1. The number of aromatic nitrogens is 2. The summed E-state index contributed by atoms with van der Waals surface area (Å²) in [6.45, 7) is 3.84. The maximum Gasteiger partial charge on any atom is 0.185 e. The summed E-state index contributed by atoms with van der Waals surface area (Å²) in [5, 5.41) is 4.28. The van der Waals surface area contributed by atoms with Crippen LogP contribution in [0.4, 0.5) is 4.39 Å². The molecule has 1 heterocycles. The molecule has 0 saturated carbocycles. The molecule has 1 aromatic carbocycles. The fourth-order valence-electron chi connectivity index (χ4n) is 1.90. The highest BCUT2D eigenvalue weighted by molar-refractivity contribution is 6.06. The zero-order valence-electron chi connectivity index (χ0n) is 11.1. The molecule has 0 unspecified atom stereocenters. The van der Waals surface area contributed by atoms with Gasteiger partial charge in [0.1, 0.15) is 5.82 Å². The molecule has 0 aliphatic rings. The largest absolute Gasteiger partial charge is 0.289 e. The predicted molar refractivity (Wildman–Crippen MR) is 72.4 cm³/mol. The summed E-state index contributed by atoms with van der Waals surface area (Å²) in [4.78, 5) is 11.9. The summed E-state index contributed by atoms with van der Waals surface area (Å²) in [7, 11) is 1.86. The Hall–Kier alpha value is -2.23. The highest BCUT2D eigenvalue weighted by Crippen LogP contribution is 2.14. The molecule has 98 valence electrons. The fourth-order valence-corrected chi connectivity index (χ4v) is 1.90. The van der Waals surface area contributed by atoms with Crippen LogP contribution in [0.15, 0.2) is 30.3 Å². The first kappa shape index (κ1) is 13.2. The lowest BCUT2D eigenvalue weighted by atomic mass is 10.1. The normalized spacial score (nSPS) is 11.2. The topological polar surface area (TPSA) is 34.9 Å². The van der Waals surface area contributed by atoms with E-state index in [1.54, 1.807) is 10.8 Å². The molecule has 19 heavy (non-hydrogen) atoms. The molecule has 0 saturated heterocycles. The molecule has 0 fully saturated rings. The van der Waals surface area contributed by atoms with Crippen molar-refractivity contribution in [3.63, 3.8) is 0 Å². The van der Waals surface area contributed by atoms with E-state index in [1.165, 1.54) is 30.3 Å². The number of halogens is 1. The van der Waals surface area contributed by atoms with Crippen molar-refractivity contribution < 1.29 is 9.18 Å². The standard InChI is InChI=1S/C15H15FN2O/c1-10-14(11(2)18(3)17-10)8-9-15(19)12-4-6-13(16)7-5-12/h4-9H,1-3H3. The van der Waals surface area contributed by atoms with Gasteiger partial charge in [-0.05, 0) is 50.3 Å². The van der Waals surface area contributed by atoms with Crippen LogP contribution in [0, 0.1) is 19.7 Å². The molecule has 0 radical (unpaired) electrons. The zero-order valence-corrected chi connectivity index (χ0v) is 11.1. The third-order valence-electron chi connectivity index (χ3n) is 3.10. The molecule has 0 atom stereocenters. The van der Waals surface area contributed by atoms with Crippen LogP contribution in [0.3, 0.4) is 0 Å². The van der Waals surface area contributed by atoms with Gasteiger partial charge in [-0.1, -0.05) is 0 Å². The van der Waals surface area contributed by atoms with E-state index in [-0.39, 0.29) is 11.6 Å². The van der Waals surface area contributed by atoms with E-state index in [4.69, 9.17) is 0 Å². The number of benzene rings is 1. The van der Waals surface area contributed by atoms with Crippen LogP contribution in [-0.4, -0.2) is 15.6 Å². The van der Waals surface area contributed by atoms with E-state index in [1.807, 2.05) is 20.9 Å². The lowest BCUT2D eigenvalue weighted by Gasteiger charge is -1.96. The monoisotopic (exact) mass is 258 g/mol. The van der Waals surface area contributed by atoms with E-state index < -0.39 is 0 Å². The summed E-state index contributed by atoms with van der Waals surface area (Å²) in [6.07, 6.45) is 3.24. The number of aryl methyl sites for hydroxylation is 2. The lowest BCUT2D eigenvalue weighted by molar-refractivity contribution is 0.104. The third-order valence-corrected chi connectivity index (χ3v) is 3.10. The summed E-state index contributed by atoms with van der Waals surface area (Å²) in [5.41, 5.74) is 3.29. The lowest BCUT2D eigenvalue weighted by Crippen LogP contribution is -1.94. The number of rotatable bonds is 3. The van der Waals surface area contributed by atoms with Crippen molar-refractivity contribution in [1.29, 1.82) is 0 Å². The number of carbonyl (C=O) groups excluding carboxylic acids is 1. The molecule has 0 spiro atoms. The molecular weight excluding hydrogens is 243 g/mol. The smallest absolute Gasteiger partial charge is 0.185 e. The van der Waals surface area contributed by atoms with E-state index in [0.29, 0.717) is 5.56 Å². The van der Waals surface area contributed by atoms with Gasteiger partial charge in [0, 0.05) is 23.9 Å². The zero-order chi connectivity index (χ0) is 14.0. The van der Waals surface area contributed by atoms with E-state index >= 15 is 0 Å². The van der Waals surface area contributed by atoms with Crippen LogP contribution in [-0.2, 0) is 7.05 Å². The van der Waals surface area contributed by atoms with Gasteiger partial charge >= 0.3 is 0 Å². The van der Waals surface area contributed by atoms with Crippen molar-refractivity contribution in [3.05, 3.63) is 58.7 Å². The van der Waals surface area contributed by atoms with Crippen LogP contribution in [0.2, 0.25) is 0 Å². The van der Waals surface area contributed by atoms with Gasteiger partial charge in [-0.15, -0.1) is 0 Å². The molecular formula is C15H15FN2O. The first-order valence-electron chi connectivity index (χ1n) is 5.97. The Morgan fingerprint density at radius 2 is 1.89 bits per heavy atom. The van der Waals surface area contributed by atoms with Crippen molar-refractivity contribution in [2.75, 3.05) is 0 Å². The summed E-state index contributed by atoms with van der Waals surface area (Å²) < 4.78 is 14.5. The van der Waals surface area contributed by atoms with Crippen molar-refractivity contribution in [2.24, 2.45) is 7.05 Å². The second-order valence-electron chi connectivity index (χ2n) is 4.41. The summed E-state index contributed by atoms with van der Waals surface area (Å²) in [6, 6.07) is 5.51. The number of nitrogens with zero attached hydrogens (tertiary/aromatic N) is 2. The molecule has 0 aliphatic carbocycles. The SMILES string of the molecule is Cc1nn(C)c(C)c1C=CC(=O)c1ccc(F)cc1. The molecule has 2 rings (SSSR count). The van der Waals surface area contributed by atoms with Gasteiger partial charge in [0.2, 0.25) is 0 Å². The minimum atomic E-state index is -0.348. The maximum atomic E-state index is 12.8. The quantitative estimate of drug-likeness (QED) is 0.626. The second kappa shape index (κ2) is 5.18. The summed E-state index contributed by atoms with van der Waals surface area (Å²) >= 11 is 0. The Kier molecular flexibility index (Phi) is 3.60.